The van der Waals surface area contributed by atoms with E-state index >= 15 is 0 Å². The number of halogens is 2. The van der Waals surface area contributed by atoms with Crippen molar-refractivity contribution in [2.24, 2.45) is 0 Å². The SMILES string of the molecule is CN(C)n1c(NCCc2ccc(Cl)cc2)nc2c(c1=O)CN(C(=O)COc1ccc(Cl)cc1)CC2. The Morgan fingerprint density at radius 3 is 2.40 bits per heavy atom. The van der Waals surface area contributed by atoms with Crippen molar-refractivity contribution in [1.29, 1.82) is 0 Å². The number of nitrogens with zero attached hydrogens (tertiary/aromatic N) is 4. The van der Waals surface area contributed by atoms with Crippen LogP contribution in [0.25, 0.3) is 0 Å². The number of carbonyl (C=O) groups is 1. The standard InChI is InChI=1S/C25H27Cl2N5O3/c1-30(2)32-24(34)21-15-31(23(33)16-35-20-9-7-19(27)8-10-20)14-12-22(21)29-25(32)28-13-11-17-3-5-18(26)6-4-17/h3-10H,11-16H2,1-2H3,(H,28,29). The van der Waals surface area contributed by atoms with Crippen LogP contribution in [-0.2, 0) is 24.2 Å². The van der Waals surface area contributed by atoms with E-state index in [1.807, 2.05) is 24.3 Å². The smallest absolute Gasteiger partial charge is 0.278 e. The summed E-state index contributed by atoms with van der Waals surface area (Å²) in [5.74, 6) is 0.858. The number of nitrogens with one attached hydrogen (secondary N) is 1. The molecule has 0 radical (unpaired) electrons. The van der Waals surface area contributed by atoms with Crippen molar-refractivity contribution in [2.75, 3.05) is 44.1 Å². The fourth-order valence-corrected chi connectivity index (χ4v) is 4.15. The number of hydrogen-bond donors (Lipinski definition) is 1. The van der Waals surface area contributed by atoms with Crippen LogP contribution < -0.4 is 20.6 Å². The van der Waals surface area contributed by atoms with Crippen LogP contribution in [-0.4, -0.2) is 54.3 Å². The first kappa shape index (κ1) is 24.9. The molecule has 0 spiro atoms. The van der Waals surface area contributed by atoms with Crippen LogP contribution in [0.5, 0.6) is 5.75 Å². The van der Waals surface area contributed by atoms with Gasteiger partial charge in [-0.15, -0.1) is 0 Å². The van der Waals surface area contributed by atoms with Gasteiger partial charge in [0.25, 0.3) is 11.5 Å². The molecule has 0 aliphatic carbocycles. The normalized spacial score (nSPS) is 12.7. The van der Waals surface area contributed by atoms with E-state index in [1.165, 1.54) is 4.68 Å². The second-order valence-corrected chi connectivity index (χ2v) is 9.31. The first-order valence-electron chi connectivity index (χ1n) is 11.3. The van der Waals surface area contributed by atoms with Gasteiger partial charge in [-0.25, -0.2) is 4.98 Å². The van der Waals surface area contributed by atoms with E-state index in [9.17, 15) is 9.59 Å². The molecule has 0 fully saturated rings. The fourth-order valence-electron chi connectivity index (χ4n) is 3.90. The van der Waals surface area contributed by atoms with Gasteiger partial charge in [0.1, 0.15) is 5.75 Å². The molecule has 8 nitrogen and oxygen atoms in total. The van der Waals surface area contributed by atoms with Crippen molar-refractivity contribution in [1.82, 2.24) is 14.6 Å². The molecule has 3 aromatic rings. The number of rotatable bonds is 8. The minimum absolute atomic E-state index is 0.114. The Labute approximate surface area is 214 Å². The van der Waals surface area contributed by atoms with Gasteiger partial charge in [-0.3, -0.25) is 9.59 Å². The monoisotopic (exact) mass is 515 g/mol. The third-order valence-electron chi connectivity index (χ3n) is 5.75. The van der Waals surface area contributed by atoms with E-state index in [-0.39, 0.29) is 24.6 Å². The van der Waals surface area contributed by atoms with Gasteiger partial charge < -0.3 is 20.0 Å². The van der Waals surface area contributed by atoms with E-state index in [2.05, 4.69) is 5.32 Å². The first-order valence-corrected chi connectivity index (χ1v) is 12.0. The second-order valence-electron chi connectivity index (χ2n) is 8.44. The number of amides is 1. The Bertz CT molecular complexity index is 1240. The summed E-state index contributed by atoms with van der Waals surface area (Å²) in [5.41, 5.74) is 2.18. The molecule has 0 saturated carbocycles. The van der Waals surface area contributed by atoms with Gasteiger partial charge >= 0.3 is 0 Å². The summed E-state index contributed by atoms with van der Waals surface area (Å²) in [6.45, 7) is 1.16. The number of hydrogen-bond acceptors (Lipinski definition) is 6. The summed E-state index contributed by atoms with van der Waals surface area (Å²) < 4.78 is 7.09. The van der Waals surface area contributed by atoms with Crippen molar-refractivity contribution < 1.29 is 9.53 Å². The van der Waals surface area contributed by atoms with E-state index < -0.39 is 0 Å². The van der Waals surface area contributed by atoms with Gasteiger partial charge in [-0.05, 0) is 48.4 Å². The molecule has 1 N–H and O–H groups in total. The molecule has 1 amide bonds. The average molecular weight is 516 g/mol. The number of carbonyl (C=O) groups excluding carboxylic acids is 1. The quantitative estimate of drug-likeness (QED) is 0.495. The number of fused-ring (bicyclic) bond motifs is 1. The van der Waals surface area contributed by atoms with Gasteiger partial charge in [0.05, 0.1) is 17.8 Å². The largest absolute Gasteiger partial charge is 0.484 e. The number of benzene rings is 2. The molecule has 4 rings (SSSR count). The molecule has 2 aromatic carbocycles. The zero-order valence-electron chi connectivity index (χ0n) is 19.6. The molecule has 0 saturated heterocycles. The van der Waals surface area contributed by atoms with Crippen LogP contribution in [0.1, 0.15) is 16.8 Å². The van der Waals surface area contributed by atoms with Crippen molar-refractivity contribution >= 4 is 35.1 Å². The first-order chi connectivity index (χ1) is 16.8. The molecule has 184 valence electrons. The lowest BCUT2D eigenvalue weighted by atomic mass is 10.1. The molecule has 0 atom stereocenters. The third-order valence-corrected chi connectivity index (χ3v) is 6.25. The molecular weight excluding hydrogens is 489 g/mol. The highest BCUT2D eigenvalue weighted by Crippen LogP contribution is 2.19. The third kappa shape index (κ3) is 6.07. The van der Waals surface area contributed by atoms with Gasteiger partial charge in [0.2, 0.25) is 5.95 Å². The van der Waals surface area contributed by atoms with E-state index in [0.29, 0.717) is 52.5 Å². The van der Waals surface area contributed by atoms with Crippen LogP contribution in [0.15, 0.2) is 53.3 Å². The molecular formula is C25H27Cl2N5O3. The summed E-state index contributed by atoms with van der Waals surface area (Å²) in [6, 6.07) is 14.5. The van der Waals surface area contributed by atoms with Gasteiger partial charge in [-0.1, -0.05) is 35.3 Å². The molecule has 2 heterocycles. The fraction of sp³-hybridized carbons (Fsp3) is 0.320. The Hall–Kier alpha value is -3.23. The zero-order valence-corrected chi connectivity index (χ0v) is 21.1. The second kappa shape index (κ2) is 11.0. The Balaban J connectivity index is 1.45. The van der Waals surface area contributed by atoms with Crippen LogP contribution >= 0.6 is 23.2 Å². The Morgan fingerprint density at radius 2 is 1.74 bits per heavy atom. The maximum absolute atomic E-state index is 13.4. The summed E-state index contributed by atoms with van der Waals surface area (Å²) in [6.07, 6.45) is 1.25. The lowest BCUT2D eigenvalue weighted by Gasteiger charge is -2.30. The number of ether oxygens (including phenoxy) is 1. The van der Waals surface area contributed by atoms with Crippen molar-refractivity contribution in [2.45, 2.75) is 19.4 Å². The number of anilines is 1. The van der Waals surface area contributed by atoms with Crippen LogP contribution in [0.2, 0.25) is 10.0 Å². The summed E-state index contributed by atoms with van der Waals surface area (Å²) in [7, 11) is 3.57. The molecule has 0 unspecified atom stereocenters. The van der Waals surface area contributed by atoms with Crippen LogP contribution in [0.4, 0.5) is 5.95 Å². The van der Waals surface area contributed by atoms with Gasteiger partial charge in [0.15, 0.2) is 6.61 Å². The molecule has 1 aliphatic heterocycles. The summed E-state index contributed by atoms with van der Waals surface area (Å²) in [4.78, 5) is 32.5. The molecule has 1 aliphatic rings. The Kier molecular flexibility index (Phi) is 7.83. The Morgan fingerprint density at radius 1 is 1.09 bits per heavy atom. The summed E-state index contributed by atoms with van der Waals surface area (Å²) in [5, 5.41) is 6.27. The minimum atomic E-state index is -0.190. The van der Waals surface area contributed by atoms with E-state index in [4.69, 9.17) is 32.9 Å². The minimum Gasteiger partial charge on any atom is -0.484 e. The maximum Gasteiger partial charge on any atom is 0.278 e. The van der Waals surface area contributed by atoms with Crippen molar-refractivity contribution in [3.63, 3.8) is 0 Å². The summed E-state index contributed by atoms with van der Waals surface area (Å²) >= 11 is 11.8. The van der Waals surface area contributed by atoms with E-state index in [1.54, 1.807) is 48.3 Å². The van der Waals surface area contributed by atoms with Crippen molar-refractivity contribution in [3.8, 4) is 5.75 Å². The predicted octanol–water partition coefficient (Wildman–Crippen LogP) is 3.37. The topological polar surface area (TPSA) is 79.7 Å². The molecule has 1 aromatic heterocycles. The highest BCUT2D eigenvalue weighted by Gasteiger charge is 2.27. The highest BCUT2D eigenvalue weighted by molar-refractivity contribution is 6.30. The van der Waals surface area contributed by atoms with E-state index in [0.717, 1.165) is 12.0 Å². The van der Waals surface area contributed by atoms with Crippen molar-refractivity contribution in [3.05, 3.63) is 85.8 Å². The lowest BCUT2D eigenvalue weighted by molar-refractivity contribution is -0.134. The van der Waals surface area contributed by atoms with Crippen LogP contribution in [0, 0.1) is 0 Å². The van der Waals surface area contributed by atoms with Gasteiger partial charge in [-0.2, -0.15) is 4.68 Å². The highest BCUT2D eigenvalue weighted by atomic mass is 35.5. The lowest BCUT2D eigenvalue weighted by Crippen LogP contribution is -2.46. The molecule has 0 bridgehead atoms. The molecule has 10 heteroatoms. The predicted molar refractivity (Wildman–Crippen MR) is 138 cm³/mol. The average Bonchev–Trinajstić information content (AvgIpc) is 2.84. The van der Waals surface area contributed by atoms with Crippen LogP contribution in [0.3, 0.4) is 0 Å². The van der Waals surface area contributed by atoms with Gasteiger partial charge in [0, 0.05) is 43.7 Å². The molecule has 35 heavy (non-hydrogen) atoms. The zero-order chi connectivity index (χ0) is 24.9. The maximum atomic E-state index is 13.4. The number of aromatic nitrogens is 2.